The fraction of sp³-hybridized carbons (Fsp3) is 0.643. The van der Waals surface area contributed by atoms with Crippen LogP contribution in [0.5, 0.6) is 5.75 Å². The summed E-state index contributed by atoms with van der Waals surface area (Å²) in [5, 5.41) is 3.28. The maximum absolute atomic E-state index is 6.02. The van der Waals surface area contributed by atoms with Crippen LogP contribution in [0, 0.1) is 0 Å². The van der Waals surface area contributed by atoms with E-state index >= 15 is 0 Å². The minimum absolute atomic E-state index is 0.350. The highest BCUT2D eigenvalue weighted by Gasteiger charge is 2.17. The molecule has 0 radical (unpaired) electrons. The van der Waals surface area contributed by atoms with E-state index in [9.17, 15) is 0 Å². The van der Waals surface area contributed by atoms with E-state index in [1.54, 1.807) is 0 Å². The third-order valence-corrected chi connectivity index (χ3v) is 3.26. The molecule has 0 saturated carbocycles. The summed E-state index contributed by atoms with van der Waals surface area (Å²) < 4.78 is 6.02. The van der Waals surface area contributed by atoms with Crippen molar-refractivity contribution >= 4 is 5.82 Å². The van der Waals surface area contributed by atoms with Gasteiger partial charge in [-0.25, -0.2) is 4.98 Å². The van der Waals surface area contributed by atoms with Gasteiger partial charge in [0, 0.05) is 31.9 Å². The summed E-state index contributed by atoms with van der Waals surface area (Å²) in [6.07, 6.45) is 5.47. The van der Waals surface area contributed by atoms with E-state index in [-0.39, 0.29) is 0 Å². The molecule has 0 unspecified atom stereocenters. The SMILES string of the molecule is CCCNc1cc(OC2CCN(C)CC2)ccn1. The topological polar surface area (TPSA) is 37.4 Å². The van der Waals surface area contributed by atoms with Crippen LogP contribution in [-0.4, -0.2) is 42.7 Å². The number of aromatic nitrogens is 1. The maximum Gasteiger partial charge on any atom is 0.129 e. The summed E-state index contributed by atoms with van der Waals surface area (Å²) in [4.78, 5) is 6.63. The van der Waals surface area contributed by atoms with Gasteiger partial charge in [-0.3, -0.25) is 0 Å². The van der Waals surface area contributed by atoms with Crippen molar-refractivity contribution in [1.29, 1.82) is 0 Å². The van der Waals surface area contributed by atoms with Gasteiger partial charge in [-0.1, -0.05) is 6.92 Å². The van der Waals surface area contributed by atoms with Crippen LogP contribution in [0.15, 0.2) is 18.3 Å². The van der Waals surface area contributed by atoms with E-state index in [0.717, 1.165) is 50.5 Å². The smallest absolute Gasteiger partial charge is 0.129 e. The summed E-state index contributed by atoms with van der Waals surface area (Å²) in [7, 11) is 2.16. The molecule has 2 rings (SSSR count). The largest absolute Gasteiger partial charge is 0.490 e. The van der Waals surface area contributed by atoms with Gasteiger partial charge in [-0.2, -0.15) is 0 Å². The number of pyridine rings is 1. The van der Waals surface area contributed by atoms with Gasteiger partial charge in [0.15, 0.2) is 0 Å². The lowest BCUT2D eigenvalue weighted by Gasteiger charge is -2.29. The Bertz CT molecular complexity index is 362. The second kappa shape index (κ2) is 6.59. The van der Waals surface area contributed by atoms with Crippen LogP contribution >= 0.6 is 0 Å². The zero-order chi connectivity index (χ0) is 12.8. The molecule has 4 nitrogen and oxygen atoms in total. The lowest BCUT2D eigenvalue weighted by atomic mass is 10.1. The van der Waals surface area contributed by atoms with Crippen molar-refractivity contribution in [1.82, 2.24) is 9.88 Å². The lowest BCUT2D eigenvalue weighted by Crippen LogP contribution is -2.35. The van der Waals surface area contributed by atoms with E-state index < -0.39 is 0 Å². The van der Waals surface area contributed by atoms with Crippen LogP contribution in [0.1, 0.15) is 26.2 Å². The molecule has 18 heavy (non-hydrogen) atoms. The molecular formula is C14H23N3O. The second-order valence-electron chi connectivity index (χ2n) is 4.92. The number of ether oxygens (including phenoxy) is 1. The number of rotatable bonds is 5. The number of hydrogen-bond acceptors (Lipinski definition) is 4. The molecule has 2 heterocycles. The fourth-order valence-corrected chi connectivity index (χ4v) is 2.13. The van der Waals surface area contributed by atoms with Crippen molar-refractivity contribution in [3.63, 3.8) is 0 Å². The first-order chi connectivity index (χ1) is 8.78. The highest BCUT2D eigenvalue weighted by atomic mass is 16.5. The number of anilines is 1. The van der Waals surface area contributed by atoms with Gasteiger partial charge in [0.1, 0.15) is 17.7 Å². The summed E-state index contributed by atoms with van der Waals surface area (Å²) in [6, 6.07) is 3.93. The zero-order valence-corrected chi connectivity index (χ0v) is 11.4. The van der Waals surface area contributed by atoms with E-state index in [1.165, 1.54) is 0 Å². The standard InChI is InChI=1S/C14H23N3O/c1-3-7-15-14-11-13(4-8-16-14)18-12-5-9-17(2)10-6-12/h4,8,11-12H,3,5-7,9-10H2,1-2H3,(H,15,16). The molecule has 0 aromatic carbocycles. The van der Waals surface area contributed by atoms with Crippen LogP contribution in [0.4, 0.5) is 5.82 Å². The third kappa shape index (κ3) is 3.88. The highest BCUT2D eigenvalue weighted by Crippen LogP contribution is 2.20. The molecule has 0 atom stereocenters. The molecule has 1 aromatic rings. The Balaban J connectivity index is 1.88. The van der Waals surface area contributed by atoms with Gasteiger partial charge in [0.05, 0.1) is 0 Å². The Kier molecular flexibility index (Phi) is 4.81. The highest BCUT2D eigenvalue weighted by molar-refractivity contribution is 5.40. The van der Waals surface area contributed by atoms with Gasteiger partial charge in [-0.15, -0.1) is 0 Å². The molecule has 1 saturated heterocycles. The van der Waals surface area contributed by atoms with Gasteiger partial charge in [-0.05, 0) is 32.4 Å². The van der Waals surface area contributed by atoms with Crippen molar-refractivity contribution in [2.24, 2.45) is 0 Å². The Hall–Kier alpha value is -1.29. The van der Waals surface area contributed by atoms with E-state index in [4.69, 9.17) is 4.74 Å². The first-order valence-electron chi connectivity index (χ1n) is 6.83. The number of nitrogens with one attached hydrogen (secondary N) is 1. The molecular weight excluding hydrogens is 226 g/mol. The predicted molar refractivity (Wildman–Crippen MR) is 74.2 cm³/mol. The van der Waals surface area contributed by atoms with Crippen molar-refractivity contribution in [3.8, 4) is 5.75 Å². The van der Waals surface area contributed by atoms with Crippen molar-refractivity contribution < 1.29 is 4.74 Å². The predicted octanol–water partition coefficient (Wildman–Crippen LogP) is 2.38. The molecule has 0 amide bonds. The average Bonchev–Trinajstić information content (AvgIpc) is 2.40. The van der Waals surface area contributed by atoms with E-state index in [1.807, 2.05) is 18.3 Å². The molecule has 1 aromatic heterocycles. The molecule has 1 N–H and O–H groups in total. The molecule has 1 fully saturated rings. The minimum atomic E-state index is 0.350. The quantitative estimate of drug-likeness (QED) is 0.869. The molecule has 0 aliphatic carbocycles. The summed E-state index contributed by atoms with van der Waals surface area (Å²) in [5.74, 6) is 1.83. The minimum Gasteiger partial charge on any atom is -0.490 e. The van der Waals surface area contributed by atoms with Crippen LogP contribution in [0.25, 0.3) is 0 Å². The first-order valence-corrected chi connectivity index (χ1v) is 6.83. The summed E-state index contributed by atoms with van der Waals surface area (Å²) in [5.41, 5.74) is 0. The molecule has 100 valence electrons. The number of hydrogen-bond donors (Lipinski definition) is 1. The van der Waals surface area contributed by atoms with E-state index in [0.29, 0.717) is 6.10 Å². The van der Waals surface area contributed by atoms with Gasteiger partial charge in [0.25, 0.3) is 0 Å². The maximum atomic E-state index is 6.02. The first kappa shape index (κ1) is 13.1. The molecule has 1 aliphatic heterocycles. The Morgan fingerprint density at radius 3 is 2.94 bits per heavy atom. The molecule has 0 bridgehead atoms. The molecule has 4 heteroatoms. The Labute approximate surface area is 109 Å². The third-order valence-electron chi connectivity index (χ3n) is 3.26. The molecule has 0 spiro atoms. The van der Waals surface area contributed by atoms with Gasteiger partial charge < -0.3 is 15.0 Å². The van der Waals surface area contributed by atoms with Gasteiger partial charge in [0.2, 0.25) is 0 Å². The van der Waals surface area contributed by atoms with Crippen molar-refractivity contribution in [3.05, 3.63) is 18.3 Å². The van der Waals surface area contributed by atoms with Crippen LogP contribution in [-0.2, 0) is 0 Å². The molecule has 1 aliphatic rings. The second-order valence-corrected chi connectivity index (χ2v) is 4.92. The fourth-order valence-electron chi connectivity index (χ4n) is 2.13. The lowest BCUT2D eigenvalue weighted by molar-refractivity contribution is 0.114. The number of nitrogens with zero attached hydrogens (tertiary/aromatic N) is 2. The van der Waals surface area contributed by atoms with Crippen molar-refractivity contribution in [2.75, 3.05) is 32.0 Å². The normalized spacial score (nSPS) is 17.7. The van der Waals surface area contributed by atoms with Crippen LogP contribution in [0.3, 0.4) is 0 Å². The Morgan fingerprint density at radius 1 is 1.44 bits per heavy atom. The van der Waals surface area contributed by atoms with Crippen LogP contribution in [0.2, 0.25) is 0 Å². The van der Waals surface area contributed by atoms with Crippen molar-refractivity contribution in [2.45, 2.75) is 32.3 Å². The van der Waals surface area contributed by atoms with Gasteiger partial charge >= 0.3 is 0 Å². The average molecular weight is 249 g/mol. The Morgan fingerprint density at radius 2 is 2.22 bits per heavy atom. The number of likely N-dealkylation sites (tertiary alicyclic amines) is 1. The number of piperidine rings is 1. The zero-order valence-electron chi connectivity index (χ0n) is 11.4. The summed E-state index contributed by atoms with van der Waals surface area (Å²) in [6.45, 7) is 5.34. The monoisotopic (exact) mass is 249 g/mol. The van der Waals surface area contributed by atoms with E-state index in [2.05, 4.69) is 29.2 Å². The van der Waals surface area contributed by atoms with Crippen LogP contribution < -0.4 is 10.1 Å². The summed E-state index contributed by atoms with van der Waals surface area (Å²) >= 11 is 0.